The lowest BCUT2D eigenvalue weighted by molar-refractivity contribution is -0.125. The third-order valence-corrected chi connectivity index (χ3v) is 4.58. The summed E-state index contributed by atoms with van der Waals surface area (Å²) >= 11 is 0. The predicted octanol–water partition coefficient (Wildman–Crippen LogP) is 3.00. The van der Waals surface area contributed by atoms with Gasteiger partial charge in [-0.15, -0.1) is 0 Å². The van der Waals surface area contributed by atoms with Crippen LogP contribution in [-0.2, 0) is 9.59 Å². The molecule has 0 fully saturated rings. The molecular weight excluding hydrogens is 332 g/mol. The molecule has 1 N–H and O–H groups in total. The third-order valence-electron chi connectivity index (χ3n) is 4.58. The molecule has 1 aromatic carbocycles. The first kappa shape index (κ1) is 18.0. The Morgan fingerprint density at radius 1 is 1.35 bits per heavy atom. The van der Waals surface area contributed by atoms with Crippen molar-refractivity contribution in [2.45, 2.75) is 45.8 Å². The van der Waals surface area contributed by atoms with Crippen LogP contribution in [0.3, 0.4) is 0 Å². The van der Waals surface area contributed by atoms with E-state index in [0.29, 0.717) is 23.8 Å². The summed E-state index contributed by atoms with van der Waals surface area (Å²) in [6.45, 7) is 6.14. The normalized spacial score (nSPS) is 17.4. The highest BCUT2D eigenvalue weighted by Crippen LogP contribution is 2.33. The van der Waals surface area contributed by atoms with Crippen LogP contribution in [0.15, 0.2) is 36.5 Å². The molecule has 7 nitrogen and oxygen atoms in total. The van der Waals surface area contributed by atoms with Crippen molar-refractivity contribution in [1.29, 1.82) is 0 Å². The minimum Gasteiger partial charge on any atom is -0.479 e. The van der Waals surface area contributed by atoms with Crippen molar-refractivity contribution in [3.05, 3.63) is 36.5 Å². The van der Waals surface area contributed by atoms with Crippen molar-refractivity contribution >= 4 is 23.3 Å². The quantitative estimate of drug-likeness (QED) is 0.863. The van der Waals surface area contributed by atoms with E-state index in [-0.39, 0.29) is 24.3 Å². The Labute approximate surface area is 152 Å². The number of aromatic nitrogens is 2. The summed E-state index contributed by atoms with van der Waals surface area (Å²) in [4.78, 5) is 26.5. The van der Waals surface area contributed by atoms with Crippen LogP contribution in [-0.4, -0.2) is 34.2 Å². The highest BCUT2D eigenvalue weighted by Gasteiger charge is 2.31. The van der Waals surface area contributed by atoms with E-state index >= 15 is 0 Å². The number of nitrogens with one attached hydrogen (secondary N) is 1. The second-order valence-corrected chi connectivity index (χ2v) is 6.43. The summed E-state index contributed by atoms with van der Waals surface area (Å²) in [5, 5.41) is 7.15. The number of benzene rings is 1. The molecule has 7 heteroatoms. The lowest BCUT2D eigenvalue weighted by Gasteiger charge is -2.32. The second-order valence-electron chi connectivity index (χ2n) is 6.43. The van der Waals surface area contributed by atoms with Gasteiger partial charge < -0.3 is 15.0 Å². The number of carbonyl (C=O) groups excluding carboxylic acids is 2. The van der Waals surface area contributed by atoms with E-state index in [9.17, 15) is 9.59 Å². The monoisotopic (exact) mass is 356 g/mol. The molecule has 2 amide bonds. The van der Waals surface area contributed by atoms with Crippen LogP contribution in [0.4, 0.5) is 11.5 Å². The third kappa shape index (κ3) is 3.56. The van der Waals surface area contributed by atoms with Gasteiger partial charge in [-0.25, -0.2) is 4.68 Å². The summed E-state index contributed by atoms with van der Waals surface area (Å²) in [5.74, 6) is 1.04. The molecule has 2 unspecified atom stereocenters. The number of hydrogen-bond donors (Lipinski definition) is 1. The van der Waals surface area contributed by atoms with E-state index < -0.39 is 6.10 Å². The van der Waals surface area contributed by atoms with Crippen LogP contribution in [0.2, 0.25) is 0 Å². The maximum atomic E-state index is 12.5. The van der Waals surface area contributed by atoms with Gasteiger partial charge in [0.1, 0.15) is 11.6 Å². The summed E-state index contributed by atoms with van der Waals surface area (Å²) in [6, 6.07) is 9.35. The number of fused-ring (bicyclic) bond motifs is 1. The Kier molecular flexibility index (Phi) is 5.25. The molecule has 138 valence electrons. The second kappa shape index (κ2) is 7.59. The summed E-state index contributed by atoms with van der Waals surface area (Å²) < 4.78 is 7.42. The topological polar surface area (TPSA) is 76.5 Å². The van der Waals surface area contributed by atoms with E-state index in [2.05, 4.69) is 17.3 Å². The Morgan fingerprint density at radius 3 is 2.88 bits per heavy atom. The maximum Gasteiger partial charge on any atom is 0.267 e. The summed E-state index contributed by atoms with van der Waals surface area (Å²) in [5.41, 5.74) is 0.702. The van der Waals surface area contributed by atoms with Gasteiger partial charge in [-0.1, -0.05) is 19.1 Å². The highest BCUT2D eigenvalue weighted by atomic mass is 16.5. The molecule has 0 saturated carbocycles. The number of ether oxygens (including phenoxy) is 1. The average Bonchev–Trinajstić information content (AvgIpc) is 3.09. The van der Waals surface area contributed by atoms with E-state index in [0.717, 1.165) is 6.42 Å². The minimum absolute atomic E-state index is 0.138. The Bertz CT molecular complexity index is 802. The van der Waals surface area contributed by atoms with Crippen molar-refractivity contribution in [3.63, 3.8) is 0 Å². The molecular formula is C19H24N4O3. The van der Waals surface area contributed by atoms with Crippen molar-refractivity contribution in [2.75, 3.05) is 16.8 Å². The molecule has 1 aliphatic rings. The molecule has 0 spiro atoms. The van der Waals surface area contributed by atoms with E-state index in [4.69, 9.17) is 4.74 Å². The molecule has 3 rings (SSSR count). The molecule has 2 atom stereocenters. The Hall–Kier alpha value is -2.83. The zero-order valence-corrected chi connectivity index (χ0v) is 15.3. The van der Waals surface area contributed by atoms with Gasteiger partial charge in [0.15, 0.2) is 6.10 Å². The zero-order valence-electron chi connectivity index (χ0n) is 15.3. The number of anilines is 2. The first-order valence-electron chi connectivity index (χ1n) is 8.91. The van der Waals surface area contributed by atoms with Gasteiger partial charge in [0.2, 0.25) is 5.91 Å². The predicted molar refractivity (Wildman–Crippen MR) is 99.4 cm³/mol. The molecule has 0 bridgehead atoms. The van der Waals surface area contributed by atoms with Crippen molar-refractivity contribution in [3.8, 4) is 5.75 Å². The van der Waals surface area contributed by atoms with Crippen LogP contribution in [0, 0.1) is 0 Å². The molecule has 0 aliphatic carbocycles. The number of para-hydroxylation sites is 2. The van der Waals surface area contributed by atoms with Crippen LogP contribution in [0.25, 0.3) is 0 Å². The van der Waals surface area contributed by atoms with Gasteiger partial charge in [0.05, 0.1) is 17.9 Å². The van der Waals surface area contributed by atoms with Crippen LogP contribution < -0.4 is 15.0 Å². The number of hydrogen-bond acceptors (Lipinski definition) is 4. The van der Waals surface area contributed by atoms with E-state index in [1.165, 1.54) is 0 Å². The lowest BCUT2D eigenvalue weighted by Crippen LogP contribution is -2.45. The summed E-state index contributed by atoms with van der Waals surface area (Å²) in [7, 11) is 0. The fourth-order valence-corrected chi connectivity index (χ4v) is 2.95. The smallest absolute Gasteiger partial charge is 0.267 e. The molecule has 0 radical (unpaired) electrons. The molecule has 2 aromatic rings. The molecule has 1 aromatic heterocycles. The first-order valence-corrected chi connectivity index (χ1v) is 8.91. The number of amides is 2. The Balaban J connectivity index is 1.66. The van der Waals surface area contributed by atoms with Crippen molar-refractivity contribution in [2.24, 2.45) is 0 Å². The van der Waals surface area contributed by atoms with Crippen molar-refractivity contribution < 1.29 is 14.3 Å². The van der Waals surface area contributed by atoms with Crippen LogP contribution in [0.1, 0.15) is 39.7 Å². The average molecular weight is 356 g/mol. The highest BCUT2D eigenvalue weighted by molar-refractivity contribution is 6.00. The number of carbonyl (C=O) groups is 2. The van der Waals surface area contributed by atoms with Gasteiger partial charge in [-0.3, -0.25) is 9.59 Å². The van der Waals surface area contributed by atoms with Gasteiger partial charge in [-0.05, 0) is 32.4 Å². The fourth-order valence-electron chi connectivity index (χ4n) is 2.95. The Morgan fingerprint density at radius 2 is 2.12 bits per heavy atom. The molecule has 2 heterocycles. The van der Waals surface area contributed by atoms with Gasteiger partial charge in [0.25, 0.3) is 5.91 Å². The SMILES string of the molecule is CCC(C)n1nccc1NC(=O)CCN1C(=O)C(C)Oc2ccccc21. The summed E-state index contributed by atoms with van der Waals surface area (Å²) in [6.07, 6.45) is 2.23. The maximum absolute atomic E-state index is 12.5. The number of nitrogens with zero attached hydrogens (tertiary/aromatic N) is 3. The number of rotatable bonds is 6. The van der Waals surface area contributed by atoms with E-state index in [1.54, 1.807) is 28.8 Å². The van der Waals surface area contributed by atoms with Gasteiger partial charge in [-0.2, -0.15) is 5.10 Å². The van der Waals surface area contributed by atoms with Crippen LogP contribution in [0.5, 0.6) is 5.75 Å². The fraction of sp³-hybridized carbons (Fsp3) is 0.421. The first-order chi connectivity index (χ1) is 12.5. The molecule has 1 aliphatic heterocycles. The standard InChI is InChI=1S/C19H24N4O3/c1-4-13(2)23-17(9-11-20-23)21-18(24)10-12-22-15-7-5-6-8-16(15)26-14(3)19(22)25/h5-9,11,13-14H,4,10,12H2,1-3H3,(H,21,24). The lowest BCUT2D eigenvalue weighted by atomic mass is 10.1. The molecule has 0 saturated heterocycles. The van der Waals surface area contributed by atoms with Crippen LogP contribution >= 0.6 is 0 Å². The van der Waals surface area contributed by atoms with E-state index in [1.807, 2.05) is 31.2 Å². The molecule has 26 heavy (non-hydrogen) atoms. The largest absolute Gasteiger partial charge is 0.479 e. The van der Waals surface area contributed by atoms with Gasteiger partial charge >= 0.3 is 0 Å². The van der Waals surface area contributed by atoms with Gasteiger partial charge in [0, 0.05) is 19.0 Å². The van der Waals surface area contributed by atoms with Crippen molar-refractivity contribution in [1.82, 2.24) is 9.78 Å². The minimum atomic E-state index is -0.556. The zero-order chi connectivity index (χ0) is 18.7.